The lowest BCUT2D eigenvalue weighted by Crippen LogP contribution is -2.21. The van der Waals surface area contributed by atoms with Gasteiger partial charge < -0.3 is 20.1 Å². The SMILES string of the molecule is O=C(O)Nc1ccc(OCC(O)CO)cc1. The van der Waals surface area contributed by atoms with Crippen LogP contribution in [0.5, 0.6) is 5.75 Å². The van der Waals surface area contributed by atoms with Crippen molar-refractivity contribution in [1.82, 2.24) is 0 Å². The summed E-state index contributed by atoms with van der Waals surface area (Å²) in [4.78, 5) is 10.3. The van der Waals surface area contributed by atoms with Crippen LogP contribution in [0, 0.1) is 0 Å². The number of amides is 1. The summed E-state index contributed by atoms with van der Waals surface area (Å²) >= 11 is 0. The van der Waals surface area contributed by atoms with Crippen LogP contribution in [0.3, 0.4) is 0 Å². The zero-order chi connectivity index (χ0) is 12.0. The average Bonchev–Trinajstić information content (AvgIpc) is 2.27. The third kappa shape index (κ3) is 4.16. The molecule has 1 rings (SSSR count). The molecule has 88 valence electrons. The van der Waals surface area contributed by atoms with E-state index in [0.717, 1.165) is 0 Å². The van der Waals surface area contributed by atoms with Crippen molar-refractivity contribution in [2.24, 2.45) is 0 Å². The lowest BCUT2D eigenvalue weighted by molar-refractivity contribution is 0.0536. The Morgan fingerprint density at radius 2 is 2.00 bits per heavy atom. The van der Waals surface area contributed by atoms with Crippen LogP contribution in [0.4, 0.5) is 10.5 Å². The number of nitrogens with one attached hydrogen (secondary N) is 1. The lowest BCUT2D eigenvalue weighted by atomic mass is 10.3. The highest BCUT2D eigenvalue weighted by Crippen LogP contribution is 2.15. The number of ether oxygens (including phenoxy) is 1. The highest BCUT2D eigenvalue weighted by molar-refractivity contribution is 5.82. The third-order valence-corrected chi connectivity index (χ3v) is 1.76. The van der Waals surface area contributed by atoms with Crippen molar-refractivity contribution in [1.29, 1.82) is 0 Å². The highest BCUT2D eigenvalue weighted by Gasteiger charge is 2.03. The first kappa shape index (κ1) is 12.3. The van der Waals surface area contributed by atoms with Crippen molar-refractivity contribution in [3.8, 4) is 5.75 Å². The lowest BCUT2D eigenvalue weighted by Gasteiger charge is -2.10. The van der Waals surface area contributed by atoms with Crippen LogP contribution < -0.4 is 10.1 Å². The van der Waals surface area contributed by atoms with Crippen LogP contribution in [0.1, 0.15) is 0 Å². The van der Waals surface area contributed by atoms with Gasteiger partial charge in [0.05, 0.1) is 6.61 Å². The van der Waals surface area contributed by atoms with E-state index in [1.807, 2.05) is 0 Å². The van der Waals surface area contributed by atoms with Crippen molar-refractivity contribution >= 4 is 11.8 Å². The molecule has 4 N–H and O–H groups in total. The molecule has 1 amide bonds. The van der Waals surface area contributed by atoms with Gasteiger partial charge in [-0.3, -0.25) is 5.32 Å². The quantitative estimate of drug-likeness (QED) is 0.587. The molecular formula is C10H13NO5. The summed E-state index contributed by atoms with van der Waals surface area (Å²) in [5.41, 5.74) is 0.433. The fraction of sp³-hybridized carbons (Fsp3) is 0.300. The van der Waals surface area contributed by atoms with Crippen molar-refractivity contribution in [3.63, 3.8) is 0 Å². The molecule has 0 fully saturated rings. The molecule has 0 aromatic heterocycles. The number of rotatable bonds is 5. The van der Waals surface area contributed by atoms with Gasteiger partial charge in [-0.2, -0.15) is 0 Å². The van der Waals surface area contributed by atoms with Gasteiger partial charge in [-0.15, -0.1) is 0 Å². The van der Waals surface area contributed by atoms with Crippen molar-refractivity contribution in [2.45, 2.75) is 6.10 Å². The normalized spacial score (nSPS) is 11.9. The van der Waals surface area contributed by atoms with Gasteiger partial charge in [-0.05, 0) is 24.3 Å². The summed E-state index contributed by atoms with van der Waals surface area (Å²) in [6.45, 7) is -0.374. The first-order chi connectivity index (χ1) is 7.61. The molecule has 1 unspecified atom stereocenters. The Balaban J connectivity index is 2.48. The van der Waals surface area contributed by atoms with Crippen molar-refractivity contribution in [2.75, 3.05) is 18.5 Å². The Hall–Kier alpha value is -1.79. The fourth-order valence-corrected chi connectivity index (χ4v) is 1.00. The standard InChI is InChI=1S/C10H13NO5/c12-5-8(13)6-16-9-3-1-7(2-4-9)11-10(14)15/h1-4,8,11-13H,5-6H2,(H,14,15). The summed E-state index contributed by atoms with van der Waals surface area (Å²) in [7, 11) is 0. The monoisotopic (exact) mass is 227 g/mol. The molecule has 0 saturated heterocycles. The number of benzene rings is 1. The van der Waals surface area contributed by atoms with Gasteiger partial charge in [-0.25, -0.2) is 4.79 Å². The Morgan fingerprint density at radius 3 is 2.50 bits per heavy atom. The number of carbonyl (C=O) groups is 1. The summed E-state index contributed by atoms with van der Waals surface area (Å²) in [6, 6.07) is 6.20. The number of hydrogen-bond acceptors (Lipinski definition) is 4. The van der Waals surface area contributed by atoms with E-state index in [0.29, 0.717) is 11.4 Å². The number of hydrogen-bond donors (Lipinski definition) is 4. The van der Waals surface area contributed by atoms with E-state index in [9.17, 15) is 4.79 Å². The van der Waals surface area contributed by atoms with Crippen LogP contribution in [-0.4, -0.2) is 40.7 Å². The van der Waals surface area contributed by atoms with Crippen LogP contribution in [0.2, 0.25) is 0 Å². The summed E-state index contributed by atoms with van der Waals surface area (Å²) in [5.74, 6) is 0.489. The van der Waals surface area contributed by atoms with E-state index in [2.05, 4.69) is 5.32 Å². The van der Waals surface area contributed by atoms with Gasteiger partial charge >= 0.3 is 6.09 Å². The Morgan fingerprint density at radius 1 is 1.38 bits per heavy atom. The van der Waals surface area contributed by atoms with E-state index in [1.165, 1.54) is 12.1 Å². The summed E-state index contributed by atoms with van der Waals surface area (Å²) < 4.78 is 5.13. The molecule has 0 radical (unpaired) electrons. The molecule has 0 heterocycles. The van der Waals surface area contributed by atoms with Gasteiger partial charge in [0.2, 0.25) is 0 Å². The molecule has 0 spiro atoms. The molecular weight excluding hydrogens is 214 g/mol. The summed E-state index contributed by atoms with van der Waals surface area (Å²) in [6.07, 6.45) is -2.05. The maximum Gasteiger partial charge on any atom is 0.409 e. The van der Waals surface area contributed by atoms with E-state index >= 15 is 0 Å². The minimum absolute atomic E-state index is 0.0117. The fourth-order valence-electron chi connectivity index (χ4n) is 1.00. The number of anilines is 1. The Bertz CT molecular complexity index is 338. The van der Waals surface area contributed by atoms with Crippen LogP contribution >= 0.6 is 0 Å². The zero-order valence-corrected chi connectivity index (χ0v) is 8.46. The minimum atomic E-state index is -1.13. The van der Waals surface area contributed by atoms with E-state index in [-0.39, 0.29) is 13.2 Å². The second kappa shape index (κ2) is 5.94. The molecule has 0 aliphatic heterocycles. The molecule has 0 aliphatic rings. The van der Waals surface area contributed by atoms with Crippen LogP contribution in [0.25, 0.3) is 0 Å². The molecule has 1 aromatic carbocycles. The van der Waals surface area contributed by atoms with Crippen molar-refractivity contribution in [3.05, 3.63) is 24.3 Å². The molecule has 6 heteroatoms. The van der Waals surface area contributed by atoms with Gasteiger partial charge in [0.25, 0.3) is 0 Å². The third-order valence-electron chi connectivity index (χ3n) is 1.76. The number of aliphatic hydroxyl groups is 2. The van der Waals surface area contributed by atoms with Crippen LogP contribution in [-0.2, 0) is 0 Å². The van der Waals surface area contributed by atoms with Gasteiger partial charge in [0.15, 0.2) is 0 Å². The minimum Gasteiger partial charge on any atom is -0.491 e. The molecule has 1 atom stereocenters. The molecule has 16 heavy (non-hydrogen) atoms. The predicted molar refractivity (Wildman–Crippen MR) is 56.7 cm³/mol. The molecule has 0 aliphatic carbocycles. The molecule has 0 bridgehead atoms. The predicted octanol–water partition coefficient (Wildman–Crippen LogP) is 0.508. The zero-order valence-electron chi connectivity index (χ0n) is 8.46. The maximum absolute atomic E-state index is 10.3. The van der Waals surface area contributed by atoms with E-state index in [1.54, 1.807) is 12.1 Å². The average molecular weight is 227 g/mol. The molecule has 0 saturated carbocycles. The number of aliphatic hydroxyl groups excluding tert-OH is 2. The Labute approximate surface area is 92.1 Å². The topological polar surface area (TPSA) is 99.0 Å². The highest BCUT2D eigenvalue weighted by atomic mass is 16.5. The number of carboxylic acid groups (broad SMARTS) is 1. The van der Waals surface area contributed by atoms with E-state index < -0.39 is 12.2 Å². The first-order valence-corrected chi connectivity index (χ1v) is 4.63. The second-order valence-corrected chi connectivity index (χ2v) is 3.10. The summed E-state index contributed by atoms with van der Waals surface area (Å²) in [5, 5.41) is 28.2. The maximum atomic E-state index is 10.3. The van der Waals surface area contributed by atoms with Gasteiger partial charge in [-0.1, -0.05) is 0 Å². The smallest absolute Gasteiger partial charge is 0.409 e. The van der Waals surface area contributed by atoms with Gasteiger partial charge in [0.1, 0.15) is 18.5 Å². The molecule has 6 nitrogen and oxygen atoms in total. The Kier molecular flexibility index (Phi) is 4.56. The van der Waals surface area contributed by atoms with Crippen molar-refractivity contribution < 1.29 is 24.9 Å². The second-order valence-electron chi connectivity index (χ2n) is 3.10. The van der Waals surface area contributed by atoms with Gasteiger partial charge in [0, 0.05) is 5.69 Å². The molecule has 1 aromatic rings. The largest absolute Gasteiger partial charge is 0.491 e. The first-order valence-electron chi connectivity index (χ1n) is 4.63. The van der Waals surface area contributed by atoms with E-state index in [4.69, 9.17) is 20.1 Å². The van der Waals surface area contributed by atoms with Crippen LogP contribution in [0.15, 0.2) is 24.3 Å².